The first-order valence-corrected chi connectivity index (χ1v) is 9.04. The number of hydrogen-bond acceptors (Lipinski definition) is 5. The van der Waals surface area contributed by atoms with E-state index in [9.17, 15) is 13.6 Å². The molecule has 1 aliphatic carbocycles. The molecule has 148 valence electrons. The van der Waals surface area contributed by atoms with Gasteiger partial charge in [0.1, 0.15) is 17.3 Å². The molecule has 1 aromatic carbocycles. The van der Waals surface area contributed by atoms with Crippen molar-refractivity contribution >= 4 is 17.8 Å². The highest BCUT2D eigenvalue weighted by molar-refractivity contribution is 6.05. The number of nitrogens with zero attached hydrogens (tertiary/aromatic N) is 1. The van der Waals surface area contributed by atoms with Gasteiger partial charge in [-0.15, -0.1) is 0 Å². The van der Waals surface area contributed by atoms with Gasteiger partial charge in [-0.2, -0.15) is 0 Å². The molecule has 0 unspecified atom stereocenters. The van der Waals surface area contributed by atoms with Gasteiger partial charge in [-0.05, 0) is 50.8 Å². The molecule has 0 saturated heterocycles. The summed E-state index contributed by atoms with van der Waals surface area (Å²) < 4.78 is 32.7. The van der Waals surface area contributed by atoms with Gasteiger partial charge >= 0.3 is 0 Å². The molecular weight excluding hydrogens is 354 g/mol. The van der Waals surface area contributed by atoms with E-state index < -0.39 is 17.5 Å². The summed E-state index contributed by atoms with van der Waals surface area (Å²) in [5.41, 5.74) is 5.82. The molecule has 1 saturated carbocycles. The van der Waals surface area contributed by atoms with Crippen LogP contribution in [0.1, 0.15) is 32.1 Å². The van der Waals surface area contributed by atoms with Crippen LogP contribution in [0, 0.1) is 17.0 Å². The highest BCUT2D eigenvalue weighted by Crippen LogP contribution is 2.25. The predicted octanol–water partition coefficient (Wildman–Crippen LogP) is 3.00. The molecule has 0 spiro atoms. The van der Waals surface area contributed by atoms with Crippen molar-refractivity contribution in [3.8, 4) is 0 Å². The van der Waals surface area contributed by atoms with E-state index in [1.165, 1.54) is 0 Å². The Kier molecular flexibility index (Phi) is 7.72. The lowest BCUT2D eigenvalue weighted by atomic mass is 10.2. The highest BCUT2D eigenvalue weighted by atomic mass is 19.1. The quantitative estimate of drug-likeness (QED) is 0.349. The molecule has 27 heavy (non-hydrogen) atoms. The van der Waals surface area contributed by atoms with Crippen LogP contribution in [0.15, 0.2) is 29.7 Å². The summed E-state index contributed by atoms with van der Waals surface area (Å²) in [6, 6.07) is 2.78. The van der Waals surface area contributed by atoms with Crippen LogP contribution in [0.25, 0.3) is 0 Å². The number of rotatable bonds is 9. The van der Waals surface area contributed by atoms with Crippen LogP contribution in [0.3, 0.4) is 0 Å². The summed E-state index contributed by atoms with van der Waals surface area (Å²) in [4.78, 5) is 14.5. The number of nitrogens with two attached hydrogens (primary N) is 1. The second-order valence-electron chi connectivity index (χ2n) is 6.56. The summed E-state index contributed by atoms with van der Waals surface area (Å²) in [5, 5.41) is 10.2. The van der Waals surface area contributed by atoms with Gasteiger partial charge in [0.25, 0.3) is 5.91 Å². The molecule has 1 amide bonds. The minimum Gasteiger partial charge on any atom is -0.483 e. The minimum atomic E-state index is -0.792. The molecule has 1 fully saturated rings. The Hall–Kier alpha value is -2.48. The van der Waals surface area contributed by atoms with Gasteiger partial charge in [0.2, 0.25) is 5.76 Å². The van der Waals surface area contributed by atoms with Crippen molar-refractivity contribution in [1.82, 2.24) is 4.90 Å². The van der Waals surface area contributed by atoms with Crippen molar-refractivity contribution in [2.75, 3.05) is 25.5 Å². The Morgan fingerprint density at radius 1 is 1.33 bits per heavy atom. The van der Waals surface area contributed by atoms with Crippen LogP contribution in [0.5, 0.6) is 0 Å². The summed E-state index contributed by atoms with van der Waals surface area (Å²) in [6.45, 7) is 1.02. The smallest absolute Gasteiger partial charge is 0.293 e. The normalized spacial score (nSPS) is 15.3. The molecule has 0 aliphatic heterocycles. The van der Waals surface area contributed by atoms with E-state index in [1.807, 2.05) is 0 Å². The number of benzene rings is 1. The molecule has 0 atom stereocenters. The Bertz CT molecular complexity index is 683. The van der Waals surface area contributed by atoms with Gasteiger partial charge in [0.15, 0.2) is 0 Å². The number of hydrogen-bond donors (Lipinski definition) is 3. The molecule has 0 heterocycles. The number of amides is 1. The fraction of sp³-hybridized carbons (Fsp3) is 0.474. The molecule has 1 aliphatic rings. The average molecular weight is 380 g/mol. The maximum atomic E-state index is 13.4. The second-order valence-corrected chi connectivity index (χ2v) is 6.56. The Balaban J connectivity index is 2.29. The van der Waals surface area contributed by atoms with Crippen molar-refractivity contribution < 1.29 is 18.3 Å². The molecular formula is C19H26F2N4O2. The first-order valence-electron chi connectivity index (χ1n) is 9.04. The lowest BCUT2D eigenvalue weighted by Gasteiger charge is -2.24. The number of anilines is 1. The fourth-order valence-electron chi connectivity index (χ4n) is 3.01. The SMILES string of the molecule is CN(CCCN)/C(C=N)=C(\OC1CCCC1)C(=O)Nc1cc(F)cc(F)c1. The summed E-state index contributed by atoms with van der Waals surface area (Å²) in [6.07, 6.45) is 5.28. The van der Waals surface area contributed by atoms with Crippen molar-refractivity contribution in [2.24, 2.45) is 5.73 Å². The topological polar surface area (TPSA) is 91.4 Å². The van der Waals surface area contributed by atoms with Gasteiger partial charge < -0.3 is 26.1 Å². The molecule has 0 aromatic heterocycles. The number of carbonyl (C=O) groups excluding carboxylic acids is 1. The van der Waals surface area contributed by atoms with Gasteiger partial charge in [-0.25, -0.2) is 8.78 Å². The monoisotopic (exact) mass is 380 g/mol. The summed E-state index contributed by atoms with van der Waals surface area (Å²) >= 11 is 0. The predicted molar refractivity (Wildman–Crippen MR) is 100 cm³/mol. The van der Waals surface area contributed by atoms with Gasteiger partial charge in [-0.1, -0.05) is 0 Å². The van der Waals surface area contributed by atoms with E-state index in [1.54, 1.807) is 11.9 Å². The van der Waals surface area contributed by atoms with Crippen LogP contribution in [0.4, 0.5) is 14.5 Å². The van der Waals surface area contributed by atoms with E-state index in [0.717, 1.165) is 50.1 Å². The third kappa shape index (κ3) is 6.02. The second kappa shape index (κ2) is 10.0. The van der Waals surface area contributed by atoms with Gasteiger partial charge in [-0.3, -0.25) is 4.79 Å². The first-order chi connectivity index (χ1) is 12.9. The zero-order valence-electron chi connectivity index (χ0n) is 15.4. The fourth-order valence-corrected chi connectivity index (χ4v) is 3.01. The minimum absolute atomic E-state index is 0.0148. The van der Waals surface area contributed by atoms with Crippen molar-refractivity contribution in [3.63, 3.8) is 0 Å². The Morgan fingerprint density at radius 3 is 2.52 bits per heavy atom. The van der Waals surface area contributed by atoms with E-state index in [2.05, 4.69) is 5.32 Å². The standard InChI is InChI=1S/C19H26F2N4O2/c1-25(8-4-7-22)17(12-23)18(27-16-5-2-3-6-16)19(26)24-15-10-13(20)9-14(21)11-15/h9-12,16,23H,2-8,22H2,1H3,(H,24,26)/b18-17-,23-12?. The molecule has 0 radical (unpaired) electrons. The third-order valence-electron chi connectivity index (χ3n) is 4.39. The van der Waals surface area contributed by atoms with Crippen LogP contribution < -0.4 is 11.1 Å². The highest BCUT2D eigenvalue weighted by Gasteiger charge is 2.25. The van der Waals surface area contributed by atoms with Gasteiger partial charge in [0, 0.05) is 31.6 Å². The number of halogens is 2. The number of carbonyl (C=O) groups is 1. The van der Waals surface area contributed by atoms with Crippen molar-refractivity contribution in [2.45, 2.75) is 38.2 Å². The Morgan fingerprint density at radius 2 is 1.96 bits per heavy atom. The molecule has 8 heteroatoms. The van der Waals surface area contributed by atoms with Crippen LogP contribution in [-0.2, 0) is 9.53 Å². The van der Waals surface area contributed by atoms with Crippen LogP contribution in [0.2, 0.25) is 0 Å². The van der Waals surface area contributed by atoms with Gasteiger partial charge in [0.05, 0.1) is 6.10 Å². The third-order valence-corrected chi connectivity index (χ3v) is 4.39. The van der Waals surface area contributed by atoms with Crippen molar-refractivity contribution in [1.29, 1.82) is 5.41 Å². The summed E-state index contributed by atoms with van der Waals surface area (Å²) in [7, 11) is 1.74. The van der Waals surface area contributed by atoms with E-state index in [0.29, 0.717) is 25.2 Å². The lowest BCUT2D eigenvalue weighted by Crippen LogP contribution is -2.29. The molecule has 0 bridgehead atoms. The zero-order chi connectivity index (χ0) is 19.8. The lowest BCUT2D eigenvalue weighted by molar-refractivity contribution is -0.117. The van der Waals surface area contributed by atoms with E-state index in [-0.39, 0.29) is 17.6 Å². The van der Waals surface area contributed by atoms with Crippen LogP contribution >= 0.6 is 0 Å². The maximum absolute atomic E-state index is 13.4. The largest absolute Gasteiger partial charge is 0.483 e. The molecule has 2 rings (SSSR count). The van der Waals surface area contributed by atoms with E-state index in [4.69, 9.17) is 15.9 Å². The first kappa shape index (κ1) is 20.8. The summed E-state index contributed by atoms with van der Waals surface area (Å²) in [5.74, 6) is -2.26. The maximum Gasteiger partial charge on any atom is 0.293 e. The van der Waals surface area contributed by atoms with Crippen LogP contribution in [-0.4, -0.2) is 43.3 Å². The Labute approximate surface area is 157 Å². The molecule has 6 nitrogen and oxygen atoms in total. The average Bonchev–Trinajstić information content (AvgIpc) is 3.12. The number of ether oxygens (including phenoxy) is 1. The number of allylic oxidation sites excluding steroid dienone is 1. The molecule has 1 aromatic rings. The van der Waals surface area contributed by atoms with Crippen molar-refractivity contribution in [3.05, 3.63) is 41.3 Å². The molecule has 4 N–H and O–H groups in total. The zero-order valence-corrected chi connectivity index (χ0v) is 15.4. The van der Waals surface area contributed by atoms with E-state index >= 15 is 0 Å². The number of nitrogens with one attached hydrogen (secondary N) is 2.